The zero-order valence-corrected chi connectivity index (χ0v) is 12.7. The third-order valence-electron chi connectivity index (χ3n) is 5.73. The van der Waals surface area contributed by atoms with E-state index < -0.39 is 0 Å². The molecule has 2 atom stereocenters. The number of rotatable bonds is 2. The summed E-state index contributed by atoms with van der Waals surface area (Å²) in [6.45, 7) is 0.983. The molecule has 2 aromatic rings. The second kappa shape index (κ2) is 4.57. The Hall–Kier alpha value is -1.85. The first kappa shape index (κ1) is 12.7. The van der Waals surface area contributed by atoms with Crippen LogP contribution in [-0.4, -0.2) is 25.1 Å². The lowest BCUT2D eigenvalue weighted by Gasteiger charge is -2.16. The molecule has 0 radical (unpaired) electrons. The van der Waals surface area contributed by atoms with Gasteiger partial charge in [0.15, 0.2) is 5.52 Å². The Morgan fingerprint density at radius 2 is 2.05 bits per heavy atom. The van der Waals surface area contributed by atoms with Crippen LogP contribution in [0, 0.1) is 5.92 Å². The van der Waals surface area contributed by atoms with Gasteiger partial charge in [0, 0.05) is 12.6 Å². The van der Waals surface area contributed by atoms with Gasteiger partial charge in [-0.2, -0.15) is 4.98 Å². The fourth-order valence-corrected chi connectivity index (χ4v) is 4.69. The van der Waals surface area contributed by atoms with E-state index in [4.69, 9.17) is 0 Å². The van der Waals surface area contributed by atoms with E-state index in [0.29, 0.717) is 17.6 Å². The largest absolute Gasteiger partial charge is 0.351 e. The summed E-state index contributed by atoms with van der Waals surface area (Å²) in [4.78, 5) is 20.9. The third-order valence-corrected chi connectivity index (χ3v) is 5.73. The number of nitrogens with zero attached hydrogens (tertiary/aromatic N) is 4. The van der Waals surface area contributed by atoms with Crippen molar-refractivity contribution in [3.05, 3.63) is 16.7 Å². The van der Waals surface area contributed by atoms with Crippen LogP contribution >= 0.6 is 0 Å². The number of fused-ring (bicyclic) bond motifs is 5. The van der Waals surface area contributed by atoms with Crippen molar-refractivity contribution in [2.75, 3.05) is 5.32 Å². The first-order chi connectivity index (χ1) is 10.8. The SMILES string of the molecule is O=c1nc2n(c3c1ncn3CC1CCCC1)[C@H]1CCC[C@H]1N2. The lowest BCUT2D eigenvalue weighted by molar-refractivity contribution is 0.453. The summed E-state index contributed by atoms with van der Waals surface area (Å²) < 4.78 is 4.47. The molecule has 0 bridgehead atoms. The first-order valence-corrected chi connectivity index (χ1v) is 8.55. The van der Waals surface area contributed by atoms with E-state index in [0.717, 1.165) is 24.1 Å². The topological polar surface area (TPSA) is 64.7 Å². The van der Waals surface area contributed by atoms with Gasteiger partial charge in [-0.1, -0.05) is 12.8 Å². The highest BCUT2D eigenvalue weighted by Crippen LogP contribution is 2.40. The second-order valence-electron chi connectivity index (χ2n) is 7.08. The molecule has 2 aliphatic carbocycles. The summed E-state index contributed by atoms with van der Waals surface area (Å²) in [5.74, 6) is 1.48. The standard InChI is InChI=1S/C16H21N5O/c22-14-13-15(20(9-17-13)8-10-4-1-2-5-10)21-12-7-3-6-11(12)18-16(21)19-14/h9-12H,1-8H2,(H,18,19,22)/t11-,12+/m1/s1. The van der Waals surface area contributed by atoms with Crippen LogP contribution in [0.3, 0.4) is 0 Å². The van der Waals surface area contributed by atoms with Crippen molar-refractivity contribution in [2.45, 2.75) is 63.6 Å². The van der Waals surface area contributed by atoms with E-state index in [1.54, 1.807) is 0 Å². The summed E-state index contributed by atoms with van der Waals surface area (Å²) >= 11 is 0. The molecule has 116 valence electrons. The van der Waals surface area contributed by atoms with E-state index in [1.165, 1.54) is 44.9 Å². The summed E-state index contributed by atoms with van der Waals surface area (Å²) in [5, 5.41) is 3.45. The zero-order chi connectivity index (χ0) is 14.7. The van der Waals surface area contributed by atoms with Crippen LogP contribution in [0.2, 0.25) is 0 Å². The molecule has 6 nitrogen and oxygen atoms in total. The van der Waals surface area contributed by atoms with Crippen molar-refractivity contribution in [3.63, 3.8) is 0 Å². The Balaban J connectivity index is 1.67. The van der Waals surface area contributed by atoms with Crippen LogP contribution in [-0.2, 0) is 6.54 Å². The lowest BCUT2D eigenvalue weighted by Crippen LogP contribution is -2.18. The van der Waals surface area contributed by atoms with Crippen LogP contribution < -0.4 is 10.9 Å². The van der Waals surface area contributed by atoms with Crippen molar-refractivity contribution >= 4 is 17.1 Å². The average Bonchev–Trinajstić information content (AvgIpc) is 3.22. The number of nitrogens with one attached hydrogen (secondary N) is 1. The van der Waals surface area contributed by atoms with Gasteiger partial charge in [0.2, 0.25) is 5.95 Å². The molecular formula is C16H21N5O. The van der Waals surface area contributed by atoms with E-state index in [1.807, 2.05) is 6.33 Å². The summed E-state index contributed by atoms with van der Waals surface area (Å²) in [6, 6.07) is 0.872. The van der Waals surface area contributed by atoms with Gasteiger partial charge in [-0.25, -0.2) is 4.98 Å². The van der Waals surface area contributed by atoms with Crippen molar-refractivity contribution < 1.29 is 0 Å². The van der Waals surface area contributed by atoms with E-state index in [-0.39, 0.29) is 5.56 Å². The molecule has 0 unspecified atom stereocenters. The van der Waals surface area contributed by atoms with Crippen LogP contribution in [0.1, 0.15) is 51.0 Å². The normalized spacial score (nSPS) is 27.3. The molecule has 22 heavy (non-hydrogen) atoms. The first-order valence-electron chi connectivity index (χ1n) is 8.55. The highest BCUT2D eigenvalue weighted by atomic mass is 16.1. The molecule has 2 aromatic heterocycles. The average molecular weight is 299 g/mol. The Morgan fingerprint density at radius 1 is 1.18 bits per heavy atom. The molecule has 2 fully saturated rings. The third kappa shape index (κ3) is 1.69. The Morgan fingerprint density at radius 3 is 2.91 bits per heavy atom. The zero-order valence-electron chi connectivity index (χ0n) is 12.7. The fraction of sp³-hybridized carbons (Fsp3) is 0.688. The van der Waals surface area contributed by atoms with Gasteiger partial charge in [0.25, 0.3) is 0 Å². The Kier molecular flexibility index (Phi) is 2.63. The number of hydrogen-bond acceptors (Lipinski definition) is 4. The Bertz CT molecular complexity index is 786. The van der Waals surface area contributed by atoms with Crippen LogP contribution in [0.5, 0.6) is 0 Å². The molecule has 2 saturated carbocycles. The van der Waals surface area contributed by atoms with Gasteiger partial charge in [0.05, 0.1) is 12.4 Å². The van der Waals surface area contributed by atoms with Crippen LogP contribution in [0.4, 0.5) is 5.95 Å². The Labute approximate surface area is 128 Å². The van der Waals surface area contributed by atoms with Crippen molar-refractivity contribution in [3.8, 4) is 0 Å². The molecule has 0 amide bonds. The van der Waals surface area contributed by atoms with Gasteiger partial charge in [-0.15, -0.1) is 0 Å². The van der Waals surface area contributed by atoms with Crippen LogP contribution in [0.25, 0.3) is 11.2 Å². The molecule has 3 aliphatic rings. The molecule has 5 rings (SSSR count). The predicted octanol–water partition coefficient (Wildman–Crippen LogP) is 2.30. The molecule has 0 aromatic carbocycles. The summed E-state index contributed by atoms with van der Waals surface area (Å²) in [6.07, 6.45) is 10.7. The van der Waals surface area contributed by atoms with Crippen molar-refractivity contribution in [1.29, 1.82) is 0 Å². The molecule has 1 aliphatic heterocycles. The minimum atomic E-state index is -0.195. The van der Waals surface area contributed by atoms with E-state index in [9.17, 15) is 4.79 Å². The van der Waals surface area contributed by atoms with Crippen molar-refractivity contribution in [1.82, 2.24) is 19.1 Å². The summed E-state index contributed by atoms with van der Waals surface area (Å²) in [5.41, 5.74) is 1.33. The number of aromatic nitrogens is 4. The molecule has 1 N–H and O–H groups in total. The maximum absolute atomic E-state index is 12.3. The molecule has 0 saturated heterocycles. The van der Waals surface area contributed by atoms with Gasteiger partial charge in [-0.05, 0) is 38.0 Å². The number of anilines is 1. The minimum absolute atomic E-state index is 0.195. The maximum atomic E-state index is 12.3. The minimum Gasteiger partial charge on any atom is -0.351 e. The number of hydrogen-bond donors (Lipinski definition) is 1. The van der Waals surface area contributed by atoms with Gasteiger partial charge < -0.3 is 9.88 Å². The van der Waals surface area contributed by atoms with E-state index in [2.05, 4.69) is 24.4 Å². The maximum Gasteiger partial charge on any atom is 0.302 e. The van der Waals surface area contributed by atoms with Crippen molar-refractivity contribution in [2.24, 2.45) is 5.92 Å². The lowest BCUT2D eigenvalue weighted by atomic mass is 10.1. The van der Waals surface area contributed by atoms with Gasteiger partial charge in [-0.3, -0.25) is 9.36 Å². The molecule has 0 spiro atoms. The predicted molar refractivity (Wildman–Crippen MR) is 84.0 cm³/mol. The van der Waals surface area contributed by atoms with Gasteiger partial charge >= 0.3 is 5.56 Å². The fourth-order valence-electron chi connectivity index (χ4n) is 4.69. The monoisotopic (exact) mass is 299 g/mol. The smallest absolute Gasteiger partial charge is 0.302 e. The molecule has 3 heterocycles. The van der Waals surface area contributed by atoms with Gasteiger partial charge in [0.1, 0.15) is 5.65 Å². The summed E-state index contributed by atoms with van der Waals surface area (Å²) in [7, 11) is 0. The molecule has 6 heteroatoms. The number of imidazole rings is 1. The quantitative estimate of drug-likeness (QED) is 0.924. The van der Waals surface area contributed by atoms with E-state index >= 15 is 0 Å². The molecular weight excluding hydrogens is 278 g/mol. The van der Waals surface area contributed by atoms with Crippen LogP contribution in [0.15, 0.2) is 11.1 Å². The highest BCUT2D eigenvalue weighted by molar-refractivity contribution is 5.73. The highest BCUT2D eigenvalue weighted by Gasteiger charge is 2.38. The second-order valence-corrected chi connectivity index (χ2v) is 7.08.